The summed E-state index contributed by atoms with van der Waals surface area (Å²) >= 11 is 0. The molecule has 180 valence electrons. The maximum absolute atomic E-state index is 13.0. The van der Waals surface area contributed by atoms with E-state index in [1.54, 1.807) is 38.1 Å². The van der Waals surface area contributed by atoms with Crippen molar-refractivity contribution in [3.63, 3.8) is 0 Å². The summed E-state index contributed by atoms with van der Waals surface area (Å²) in [4.78, 5) is 38.0. The lowest BCUT2D eigenvalue weighted by Crippen LogP contribution is -2.40. The van der Waals surface area contributed by atoms with Gasteiger partial charge in [-0.1, -0.05) is 56.3 Å². The zero-order valence-corrected chi connectivity index (χ0v) is 19.9. The number of hydrogen-bond acceptors (Lipinski definition) is 5. The van der Waals surface area contributed by atoms with Crippen LogP contribution in [0.3, 0.4) is 0 Å². The lowest BCUT2D eigenvalue weighted by Gasteiger charge is -2.26. The first-order valence-corrected chi connectivity index (χ1v) is 11.2. The van der Waals surface area contributed by atoms with Gasteiger partial charge in [0.25, 0.3) is 11.8 Å². The van der Waals surface area contributed by atoms with Crippen molar-refractivity contribution in [1.82, 2.24) is 15.5 Å². The van der Waals surface area contributed by atoms with E-state index in [1.165, 1.54) is 6.07 Å². The average Bonchev–Trinajstić information content (AvgIpc) is 3.42. The first kappa shape index (κ1) is 23.7. The third-order valence-corrected chi connectivity index (χ3v) is 5.57. The summed E-state index contributed by atoms with van der Waals surface area (Å²) in [6.07, 6.45) is 0. The van der Waals surface area contributed by atoms with E-state index < -0.39 is 17.4 Å². The van der Waals surface area contributed by atoms with E-state index in [9.17, 15) is 14.4 Å². The highest BCUT2D eigenvalue weighted by Gasteiger charge is 2.26. The van der Waals surface area contributed by atoms with Crippen molar-refractivity contribution < 1.29 is 18.8 Å². The van der Waals surface area contributed by atoms with Crippen LogP contribution in [-0.4, -0.2) is 27.9 Å². The molecule has 0 spiro atoms. The predicted molar refractivity (Wildman–Crippen MR) is 133 cm³/mol. The Morgan fingerprint density at radius 2 is 1.63 bits per heavy atom. The minimum atomic E-state index is -0.627. The molecule has 4 rings (SSSR count). The molecule has 9 heteroatoms. The number of anilines is 2. The highest BCUT2D eigenvalue weighted by Crippen LogP contribution is 2.27. The molecule has 0 radical (unpaired) electrons. The minimum Gasteiger partial charge on any atom is -0.445 e. The number of para-hydroxylation sites is 1. The van der Waals surface area contributed by atoms with Crippen molar-refractivity contribution >= 4 is 40.3 Å². The number of carbonyl (C=O) groups excluding carboxylic acids is 3. The van der Waals surface area contributed by atoms with Crippen molar-refractivity contribution in [3.05, 3.63) is 77.6 Å². The lowest BCUT2D eigenvalue weighted by molar-refractivity contribution is -0.118. The van der Waals surface area contributed by atoms with Crippen LogP contribution in [-0.2, 0) is 10.3 Å². The molecule has 2 heterocycles. The van der Waals surface area contributed by atoms with Gasteiger partial charge < -0.3 is 20.4 Å². The van der Waals surface area contributed by atoms with E-state index in [4.69, 9.17) is 4.42 Å². The van der Waals surface area contributed by atoms with Crippen molar-refractivity contribution in [2.75, 3.05) is 10.6 Å². The highest BCUT2D eigenvalue weighted by molar-refractivity contribution is 6.12. The molecule has 9 nitrogen and oxygen atoms in total. The monoisotopic (exact) mass is 473 g/mol. The molecule has 0 saturated carbocycles. The molecule has 4 aromatic rings. The van der Waals surface area contributed by atoms with Crippen LogP contribution >= 0.6 is 0 Å². The maximum Gasteiger partial charge on any atom is 0.287 e. The topological polar surface area (TPSA) is 129 Å². The highest BCUT2D eigenvalue weighted by atomic mass is 16.3. The fourth-order valence-electron chi connectivity index (χ4n) is 3.53. The first-order valence-electron chi connectivity index (χ1n) is 11.2. The molecule has 2 aromatic heterocycles. The van der Waals surface area contributed by atoms with E-state index in [2.05, 4.69) is 26.1 Å². The minimum absolute atomic E-state index is 0.0813. The number of fused-ring (bicyclic) bond motifs is 1. The summed E-state index contributed by atoms with van der Waals surface area (Å²) in [7, 11) is 0. The number of benzene rings is 2. The predicted octanol–water partition coefficient (Wildman–Crippen LogP) is 4.67. The van der Waals surface area contributed by atoms with Crippen molar-refractivity contribution in [2.24, 2.45) is 5.92 Å². The van der Waals surface area contributed by atoms with Crippen LogP contribution in [0.4, 0.5) is 11.5 Å². The molecular weight excluding hydrogens is 446 g/mol. The maximum atomic E-state index is 13.0. The van der Waals surface area contributed by atoms with Gasteiger partial charge in [-0.25, -0.2) is 0 Å². The molecule has 0 bridgehead atoms. The Morgan fingerprint density at radius 3 is 2.34 bits per heavy atom. The van der Waals surface area contributed by atoms with Crippen LogP contribution in [0.2, 0.25) is 0 Å². The molecule has 0 aliphatic heterocycles. The molecule has 0 aliphatic carbocycles. The second kappa shape index (κ2) is 9.46. The van der Waals surface area contributed by atoms with Crippen LogP contribution < -0.4 is 16.0 Å². The third kappa shape index (κ3) is 5.08. The van der Waals surface area contributed by atoms with Gasteiger partial charge in [-0.05, 0) is 31.5 Å². The molecule has 0 atom stereocenters. The Morgan fingerprint density at radius 1 is 0.943 bits per heavy atom. The number of aromatic amines is 1. The second-order valence-corrected chi connectivity index (χ2v) is 9.01. The molecule has 35 heavy (non-hydrogen) atoms. The van der Waals surface area contributed by atoms with Gasteiger partial charge in [0.1, 0.15) is 5.52 Å². The lowest BCUT2D eigenvalue weighted by atomic mass is 9.94. The summed E-state index contributed by atoms with van der Waals surface area (Å²) < 4.78 is 5.76. The van der Waals surface area contributed by atoms with Crippen molar-refractivity contribution in [1.29, 1.82) is 0 Å². The van der Waals surface area contributed by atoms with Gasteiger partial charge in [-0.2, -0.15) is 5.10 Å². The number of hydrogen-bond donors (Lipinski definition) is 4. The van der Waals surface area contributed by atoms with E-state index in [0.717, 1.165) is 5.56 Å². The van der Waals surface area contributed by atoms with Gasteiger partial charge in [0.05, 0.1) is 16.8 Å². The SMILES string of the molecule is CC(C)C(=O)Nc1ccccc1C(=O)Nc1n[nH]c2cc(C(=O)NC(C)(C)c3ccccc3)oc12. The summed E-state index contributed by atoms with van der Waals surface area (Å²) in [5.74, 6) is -1.11. The Hall–Kier alpha value is -4.40. The Kier molecular flexibility index (Phi) is 6.42. The number of aromatic nitrogens is 2. The van der Waals surface area contributed by atoms with Gasteiger partial charge in [-0.15, -0.1) is 0 Å². The fraction of sp³-hybridized carbons (Fsp3) is 0.231. The molecule has 3 amide bonds. The largest absolute Gasteiger partial charge is 0.445 e. The number of rotatable bonds is 7. The summed E-state index contributed by atoms with van der Waals surface area (Å²) in [5.41, 5.74) is 1.68. The van der Waals surface area contributed by atoms with Gasteiger partial charge in [0.15, 0.2) is 17.2 Å². The van der Waals surface area contributed by atoms with E-state index in [0.29, 0.717) is 11.2 Å². The number of carbonyl (C=O) groups is 3. The number of nitrogens with zero attached hydrogens (tertiary/aromatic N) is 1. The number of furan rings is 1. The van der Waals surface area contributed by atoms with Crippen LogP contribution in [0.25, 0.3) is 11.1 Å². The molecule has 2 aromatic carbocycles. The van der Waals surface area contributed by atoms with Crippen LogP contribution in [0.1, 0.15) is 54.2 Å². The molecule has 0 fully saturated rings. The fourth-order valence-corrected chi connectivity index (χ4v) is 3.53. The zero-order chi connectivity index (χ0) is 25.2. The molecular formula is C26H27N5O4. The standard InChI is InChI=1S/C26H27N5O4/c1-15(2)23(32)27-18-13-9-8-12-17(18)24(33)28-22-21-19(30-31-22)14-20(35-21)25(34)29-26(3,4)16-10-6-5-7-11-16/h5-15H,1-4H3,(H,27,32)(H,29,34)(H2,28,30,31,33). The number of nitrogens with one attached hydrogen (secondary N) is 4. The van der Waals surface area contributed by atoms with Gasteiger partial charge in [0, 0.05) is 12.0 Å². The second-order valence-electron chi connectivity index (χ2n) is 9.01. The third-order valence-electron chi connectivity index (χ3n) is 5.57. The first-order chi connectivity index (χ1) is 16.7. The normalized spacial score (nSPS) is 11.5. The molecule has 4 N–H and O–H groups in total. The van der Waals surface area contributed by atoms with Crippen molar-refractivity contribution in [2.45, 2.75) is 33.2 Å². The van der Waals surface area contributed by atoms with Gasteiger partial charge in [0.2, 0.25) is 5.91 Å². The van der Waals surface area contributed by atoms with Gasteiger partial charge >= 0.3 is 0 Å². The van der Waals surface area contributed by atoms with E-state index in [-0.39, 0.29) is 34.5 Å². The van der Waals surface area contributed by atoms with Crippen LogP contribution in [0.15, 0.2) is 65.1 Å². The average molecular weight is 474 g/mol. The summed E-state index contributed by atoms with van der Waals surface area (Å²) in [6.45, 7) is 7.34. The van der Waals surface area contributed by atoms with E-state index >= 15 is 0 Å². The van der Waals surface area contributed by atoms with Gasteiger partial charge in [-0.3, -0.25) is 19.5 Å². The Bertz CT molecular complexity index is 1390. The van der Waals surface area contributed by atoms with Crippen molar-refractivity contribution in [3.8, 4) is 0 Å². The van der Waals surface area contributed by atoms with Crippen LogP contribution in [0, 0.1) is 5.92 Å². The number of H-pyrrole nitrogens is 1. The molecule has 0 aliphatic rings. The number of amides is 3. The molecule has 0 unspecified atom stereocenters. The quantitative estimate of drug-likeness (QED) is 0.310. The molecule has 0 saturated heterocycles. The van der Waals surface area contributed by atoms with E-state index in [1.807, 2.05) is 44.2 Å². The smallest absolute Gasteiger partial charge is 0.287 e. The zero-order valence-electron chi connectivity index (χ0n) is 19.9. The van der Waals surface area contributed by atoms with Crippen LogP contribution in [0.5, 0.6) is 0 Å². The Balaban J connectivity index is 1.53. The summed E-state index contributed by atoms with van der Waals surface area (Å²) in [5, 5.41) is 15.3. The summed E-state index contributed by atoms with van der Waals surface area (Å²) in [6, 6.07) is 17.8. The Labute approximate surface area is 202 Å².